The van der Waals surface area contributed by atoms with E-state index in [1.54, 1.807) is 17.8 Å². The SMILES string of the molecule is CCOC(=O)c1cnn(C)c1CN(CC)CC(C)(C)CN. The molecular formula is C15H28N4O2. The molecule has 0 bridgehead atoms. The number of rotatable bonds is 8. The summed E-state index contributed by atoms with van der Waals surface area (Å²) in [5.41, 5.74) is 7.27. The number of ether oxygens (including phenoxy) is 1. The number of hydrogen-bond acceptors (Lipinski definition) is 5. The maximum atomic E-state index is 12.0. The van der Waals surface area contributed by atoms with E-state index in [0.717, 1.165) is 18.8 Å². The van der Waals surface area contributed by atoms with Gasteiger partial charge in [-0.3, -0.25) is 9.58 Å². The van der Waals surface area contributed by atoms with E-state index in [1.165, 1.54) is 0 Å². The van der Waals surface area contributed by atoms with Crippen LogP contribution in [-0.4, -0.2) is 46.9 Å². The van der Waals surface area contributed by atoms with Gasteiger partial charge in [0, 0.05) is 20.1 Å². The van der Waals surface area contributed by atoms with Crippen LogP contribution >= 0.6 is 0 Å². The van der Waals surface area contributed by atoms with Crippen LogP contribution in [0.5, 0.6) is 0 Å². The molecule has 1 heterocycles. The van der Waals surface area contributed by atoms with Gasteiger partial charge in [0.05, 0.1) is 18.5 Å². The van der Waals surface area contributed by atoms with Crippen LogP contribution in [0.2, 0.25) is 0 Å². The average molecular weight is 296 g/mol. The Morgan fingerprint density at radius 1 is 1.48 bits per heavy atom. The summed E-state index contributed by atoms with van der Waals surface area (Å²) in [6.45, 7) is 11.6. The molecule has 0 radical (unpaired) electrons. The van der Waals surface area contributed by atoms with Gasteiger partial charge in [-0.15, -0.1) is 0 Å². The number of aromatic nitrogens is 2. The molecule has 0 spiro atoms. The van der Waals surface area contributed by atoms with Gasteiger partial charge >= 0.3 is 5.97 Å². The van der Waals surface area contributed by atoms with Crippen LogP contribution in [0.15, 0.2) is 6.20 Å². The lowest BCUT2D eigenvalue weighted by Gasteiger charge is -2.31. The van der Waals surface area contributed by atoms with Crippen molar-refractivity contribution in [3.8, 4) is 0 Å². The van der Waals surface area contributed by atoms with Gasteiger partial charge in [-0.25, -0.2) is 4.79 Å². The molecule has 0 saturated heterocycles. The second-order valence-electron chi connectivity index (χ2n) is 6.02. The summed E-state index contributed by atoms with van der Waals surface area (Å²) in [7, 11) is 1.85. The van der Waals surface area contributed by atoms with Crippen molar-refractivity contribution in [1.29, 1.82) is 0 Å². The number of nitrogens with two attached hydrogens (primary N) is 1. The molecule has 2 N–H and O–H groups in total. The summed E-state index contributed by atoms with van der Waals surface area (Å²) in [4.78, 5) is 14.2. The minimum Gasteiger partial charge on any atom is -0.462 e. The fourth-order valence-electron chi connectivity index (χ4n) is 2.19. The molecular weight excluding hydrogens is 268 g/mol. The van der Waals surface area contributed by atoms with Gasteiger partial charge in [-0.2, -0.15) is 5.10 Å². The number of nitrogens with zero attached hydrogens (tertiary/aromatic N) is 3. The van der Waals surface area contributed by atoms with Crippen molar-refractivity contribution in [2.45, 2.75) is 34.2 Å². The highest BCUT2D eigenvalue weighted by atomic mass is 16.5. The first-order valence-electron chi connectivity index (χ1n) is 7.45. The number of hydrogen-bond donors (Lipinski definition) is 1. The van der Waals surface area contributed by atoms with Crippen molar-refractivity contribution >= 4 is 5.97 Å². The lowest BCUT2D eigenvalue weighted by atomic mass is 9.93. The smallest absolute Gasteiger partial charge is 0.341 e. The number of carbonyl (C=O) groups is 1. The van der Waals surface area contributed by atoms with Gasteiger partial charge in [0.1, 0.15) is 5.56 Å². The van der Waals surface area contributed by atoms with Crippen molar-refractivity contribution in [3.63, 3.8) is 0 Å². The monoisotopic (exact) mass is 296 g/mol. The zero-order chi connectivity index (χ0) is 16.0. The Morgan fingerprint density at radius 2 is 2.14 bits per heavy atom. The summed E-state index contributed by atoms with van der Waals surface area (Å²) >= 11 is 0. The van der Waals surface area contributed by atoms with Crippen LogP contribution in [0.3, 0.4) is 0 Å². The predicted octanol–water partition coefficient (Wildman–Crippen LogP) is 1.40. The Labute approximate surface area is 127 Å². The summed E-state index contributed by atoms with van der Waals surface area (Å²) in [5.74, 6) is -0.310. The molecule has 1 aromatic heterocycles. The highest BCUT2D eigenvalue weighted by Crippen LogP contribution is 2.18. The zero-order valence-electron chi connectivity index (χ0n) is 13.8. The van der Waals surface area contributed by atoms with Crippen LogP contribution in [0, 0.1) is 5.41 Å². The molecule has 0 unspecified atom stereocenters. The fourth-order valence-corrected chi connectivity index (χ4v) is 2.19. The van der Waals surface area contributed by atoms with E-state index in [2.05, 4.69) is 30.8 Å². The number of esters is 1. The van der Waals surface area contributed by atoms with Gasteiger partial charge in [-0.1, -0.05) is 20.8 Å². The Kier molecular flexibility index (Phi) is 6.36. The average Bonchev–Trinajstić information content (AvgIpc) is 2.79. The minimum atomic E-state index is -0.310. The number of carbonyl (C=O) groups excluding carboxylic acids is 1. The van der Waals surface area contributed by atoms with E-state index in [1.807, 2.05) is 7.05 Å². The van der Waals surface area contributed by atoms with Gasteiger partial charge < -0.3 is 10.5 Å². The minimum absolute atomic E-state index is 0.0404. The summed E-state index contributed by atoms with van der Waals surface area (Å²) in [6, 6.07) is 0. The van der Waals surface area contributed by atoms with E-state index in [4.69, 9.17) is 10.5 Å². The fraction of sp³-hybridized carbons (Fsp3) is 0.733. The van der Waals surface area contributed by atoms with Crippen LogP contribution in [-0.2, 0) is 18.3 Å². The molecule has 0 atom stereocenters. The van der Waals surface area contributed by atoms with Crippen molar-refractivity contribution in [3.05, 3.63) is 17.5 Å². The standard InChI is InChI=1S/C15H28N4O2/c1-6-19(11-15(3,4)10-16)9-13-12(8-17-18(13)5)14(20)21-7-2/h8H,6-7,9-11,16H2,1-5H3. The van der Waals surface area contributed by atoms with Crippen molar-refractivity contribution < 1.29 is 9.53 Å². The first-order valence-corrected chi connectivity index (χ1v) is 7.45. The normalized spacial score (nSPS) is 12.0. The second-order valence-corrected chi connectivity index (χ2v) is 6.02. The molecule has 6 nitrogen and oxygen atoms in total. The van der Waals surface area contributed by atoms with Crippen LogP contribution in [0.1, 0.15) is 43.7 Å². The lowest BCUT2D eigenvalue weighted by Crippen LogP contribution is -2.39. The Morgan fingerprint density at radius 3 is 2.67 bits per heavy atom. The lowest BCUT2D eigenvalue weighted by molar-refractivity contribution is 0.0523. The van der Waals surface area contributed by atoms with Crippen LogP contribution in [0.4, 0.5) is 0 Å². The van der Waals surface area contributed by atoms with Gasteiger partial charge in [0.15, 0.2) is 0 Å². The predicted molar refractivity (Wildman–Crippen MR) is 83.0 cm³/mol. The van der Waals surface area contributed by atoms with Crippen molar-refractivity contribution in [2.75, 3.05) is 26.2 Å². The zero-order valence-corrected chi connectivity index (χ0v) is 13.8. The molecule has 0 saturated carbocycles. The maximum Gasteiger partial charge on any atom is 0.341 e. The van der Waals surface area contributed by atoms with E-state index in [9.17, 15) is 4.79 Å². The summed E-state index contributed by atoms with van der Waals surface area (Å²) < 4.78 is 6.83. The maximum absolute atomic E-state index is 12.0. The van der Waals surface area contributed by atoms with E-state index < -0.39 is 0 Å². The van der Waals surface area contributed by atoms with E-state index in [0.29, 0.717) is 25.3 Å². The summed E-state index contributed by atoms with van der Waals surface area (Å²) in [6.07, 6.45) is 1.58. The Balaban J connectivity index is 2.90. The van der Waals surface area contributed by atoms with Crippen molar-refractivity contribution in [2.24, 2.45) is 18.2 Å². The molecule has 0 amide bonds. The van der Waals surface area contributed by atoms with Gasteiger partial charge in [0.2, 0.25) is 0 Å². The molecule has 6 heteroatoms. The largest absolute Gasteiger partial charge is 0.462 e. The third-order valence-corrected chi connectivity index (χ3v) is 3.58. The van der Waals surface area contributed by atoms with E-state index >= 15 is 0 Å². The molecule has 0 aliphatic rings. The molecule has 120 valence electrons. The molecule has 1 rings (SSSR count). The molecule has 21 heavy (non-hydrogen) atoms. The summed E-state index contributed by atoms with van der Waals surface area (Å²) in [5, 5.41) is 4.19. The molecule has 1 aromatic rings. The second kappa shape index (κ2) is 7.56. The third-order valence-electron chi connectivity index (χ3n) is 3.58. The van der Waals surface area contributed by atoms with Gasteiger partial charge in [0.25, 0.3) is 0 Å². The first-order chi connectivity index (χ1) is 9.84. The first kappa shape index (κ1) is 17.7. The molecule has 0 aliphatic heterocycles. The van der Waals surface area contributed by atoms with Gasteiger partial charge in [-0.05, 0) is 25.4 Å². The molecule has 0 aromatic carbocycles. The Hall–Kier alpha value is -1.40. The van der Waals surface area contributed by atoms with Crippen molar-refractivity contribution in [1.82, 2.24) is 14.7 Å². The highest BCUT2D eigenvalue weighted by Gasteiger charge is 2.23. The molecule has 0 fully saturated rings. The van der Waals surface area contributed by atoms with Crippen LogP contribution in [0.25, 0.3) is 0 Å². The highest BCUT2D eigenvalue weighted by molar-refractivity contribution is 5.90. The van der Waals surface area contributed by atoms with E-state index in [-0.39, 0.29) is 11.4 Å². The third kappa shape index (κ3) is 4.82. The Bertz CT molecular complexity index is 468. The quantitative estimate of drug-likeness (QED) is 0.734. The van der Waals surface area contributed by atoms with Crippen LogP contribution < -0.4 is 5.73 Å². The number of aryl methyl sites for hydroxylation is 1. The topological polar surface area (TPSA) is 73.4 Å². The molecule has 0 aliphatic carbocycles.